The van der Waals surface area contributed by atoms with Gasteiger partial charge in [-0.2, -0.15) is 0 Å². The largest absolute Gasteiger partial charge is 0.356 e. The van der Waals surface area contributed by atoms with E-state index in [1.807, 2.05) is 0 Å². The van der Waals surface area contributed by atoms with Gasteiger partial charge in [0.15, 0.2) is 0 Å². The standard InChI is InChI=1S/C23H42N2O2/c1-22(2,3)11-7-8-20(26)15-25-18-9-10-19(25)13-17(12-18)14-21(27)24-16-23(4,5)6/h17-19H,7-16H2,1-6H3,(H,24,27)/t17?,18-,19+. The molecular weight excluding hydrogens is 336 g/mol. The van der Waals surface area contributed by atoms with Crippen LogP contribution in [0.5, 0.6) is 0 Å². The molecule has 2 aliphatic heterocycles. The molecular formula is C23H42N2O2. The minimum atomic E-state index is 0.130. The zero-order chi connectivity index (χ0) is 20.2. The first kappa shape index (κ1) is 22.4. The first-order valence-corrected chi connectivity index (χ1v) is 11.0. The molecule has 0 saturated carbocycles. The zero-order valence-corrected chi connectivity index (χ0v) is 18.6. The maximum atomic E-state index is 12.4. The molecule has 156 valence electrons. The quantitative estimate of drug-likeness (QED) is 0.673. The van der Waals surface area contributed by atoms with Crippen molar-refractivity contribution in [2.45, 2.75) is 105 Å². The lowest BCUT2D eigenvalue weighted by molar-refractivity contribution is -0.124. The van der Waals surface area contributed by atoms with Crippen molar-refractivity contribution in [3.63, 3.8) is 0 Å². The molecule has 1 amide bonds. The number of fused-ring (bicyclic) bond motifs is 2. The van der Waals surface area contributed by atoms with E-state index in [2.05, 4.69) is 51.8 Å². The van der Waals surface area contributed by atoms with E-state index < -0.39 is 0 Å². The van der Waals surface area contributed by atoms with Gasteiger partial charge >= 0.3 is 0 Å². The van der Waals surface area contributed by atoms with Crippen molar-refractivity contribution in [2.75, 3.05) is 13.1 Å². The minimum absolute atomic E-state index is 0.130. The number of amides is 1. The molecule has 2 saturated heterocycles. The van der Waals surface area contributed by atoms with Crippen molar-refractivity contribution >= 4 is 11.7 Å². The van der Waals surface area contributed by atoms with Crippen molar-refractivity contribution in [2.24, 2.45) is 16.7 Å². The Hall–Kier alpha value is -0.900. The van der Waals surface area contributed by atoms with E-state index >= 15 is 0 Å². The fourth-order valence-corrected chi connectivity index (χ4v) is 4.61. The molecule has 4 nitrogen and oxygen atoms in total. The Morgan fingerprint density at radius 2 is 1.56 bits per heavy atom. The number of rotatable bonds is 8. The van der Waals surface area contributed by atoms with Crippen LogP contribution in [-0.4, -0.2) is 41.8 Å². The Kier molecular flexibility index (Phi) is 7.52. The summed E-state index contributed by atoms with van der Waals surface area (Å²) in [6.07, 6.45) is 8.02. The van der Waals surface area contributed by atoms with Crippen LogP contribution in [0.2, 0.25) is 0 Å². The van der Waals surface area contributed by atoms with Crippen molar-refractivity contribution in [3.8, 4) is 0 Å². The molecule has 0 aliphatic carbocycles. The highest BCUT2D eigenvalue weighted by Crippen LogP contribution is 2.39. The number of ketones is 1. The average Bonchev–Trinajstić information content (AvgIpc) is 2.74. The molecule has 2 heterocycles. The number of Topliss-reactive ketones (excluding diaryl/α,β-unsaturated/α-hetero) is 1. The maximum absolute atomic E-state index is 12.4. The van der Waals surface area contributed by atoms with E-state index in [9.17, 15) is 9.59 Å². The van der Waals surface area contributed by atoms with Crippen LogP contribution in [0.15, 0.2) is 0 Å². The highest BCUT2D eigenvalue weighted by Gasteiger charge is 2.41. The maximum Gasteiger partial charge on any atom is 0.220 e. The summed E-state index contributed by atoms with van der Waals surface area (Å²) in [7, 11) is 0. The topological polar surface area (TPSA) is 49.4 Å². The number of nitrogens with one attached hydrogen (secondary N) is 1. The van der Waals surface area contributed by atoms with Crippen molar-refractivity contribution in [1.82, 2.24) is 10.2 Å². The van der Waals surface area contributed by atoms with Gasteiger partial charge in [-0.1, -0.05) is 41.5 Å². The summed E-state index contributed by atoms with van der Waals surface area (Å²) >= 11 is 0. The molecule has 3 atom stereocenters. The molecule has 2 fully saturated rings. The molecule has 0 aromatic carbocycles. The lowest BCUT2D eigenvalue weighted by Crippen LogP contribution is -2.46. The van der Waals surface area contributed by atoms with Crippen LogP contribution in [0.4, 0.5) is 0 Å². The second-order valence-corrected chi connectivity index (χ2v) is 11.4. The van der Waals surface area contributed by atoms with Gasteiger partial charge in [0.05, 0.1) is 6.54 Å². The molecule has 0 aromatic heterocycles. The van der Waals surface area contributed by atoms with Crippen molar-refractivity contribution in [3.05, 3.63) is 0 Å². The smallest absolute Gasteiger partial charge is 0.220 e. The highest BCUT2D eigenvalue weighted by molar-refractivity contribution is 5.80. The summed E-state index contributed by atoms with van der Waals surface area (Å²) in [4.78, 5) is 27.2. The Bertz CT molecular complexity index is 501. The third-order valence-corrected chi connectivity index (χ3v) is 6.01. The molecule has 0 spiro atoms. The van der Waals surface area contributed by atoms with Crippen molar-refractivity contribution in [1.29, 1.82) is 0 Å². The van der Waals surface area contributed by atoms with Gasteiger partial charge in [0.1, 0.15) is 5.78 Å². The van der Waals surface area contributed by atoms with Crippen LogP contribution < -0.4 is 5.32 Å². The van der Waals surface area contributed by atoms with Gasteiger partial charge in [0.25, 0.3) is 0 Å². The molecule has 0 radical (unpaired) electrons. The fourth-order valence-electron chi connectivity index (χ4n) is 4.61. The van der Waals surface area contributed by atoms with E-state index in [0.717, 1.165) is 32.2 Å². The lowest BCUT2D eigenvalue weighted by atomic mass is 9.87. The van der Waals surface area contributed by atoms with Crippen LogP contribution in [0.3, 0.4) is 0 Å². The molecule has 2 aliphatic rings. The SMILES string of the molecule is CC(C)(C)CCCC(=O)CN1[C@@H]2CC[C@H]1CC(CC(=O)NCC(C)(C)C)C2. The average molecular weight is 379 g/mol. The van der Waals surface area contributed by atoms with Gasteiger partial charge in [-0.25, -0.2) is 0 Å². The Morgan fingerprint density at radius 3 is 2.07 bits per heavy atom. The summed E-state index contributed by atoms with van der Waals surface area (Å²) < 4.78 is 0. The monoisotopic (exact) mass is 378 g/mol. The highest BCUT2D eigenvalue weighted by atomic mass is 16.1. The number of carbonyl (C=O) groups excluding carboxylic acids is 2. The first-order valence-electron chi connectivity index (χ1n) is 11.0. The fraction of sp³-hybridized carbons (Fsp3) is 0.913. The van der Waals surface area contributed by atoms with E-state index in [1.54, 1.807) is 0 Å². The van der Waals surface area contributed by atoms with Crippen molar-refractivity contribution < 1.29 is 9.59 Å². The van der Waals surface area contributed by atoms with Gasteiger partial charge in [-0.3, -0.25) is 14.5 Å². The van der Waals surface area contributed by atoms with E-state index in [-0.39, 0.29) is 11.3 Å². The zero-order valence-electron chi connectivity index (χ0n) is 18.6. The third kappa shape index (κ3) is 7.93. The molecule has 2 bridgehead atoms. The van der Waals surface area contributed by atoms with Crippen LogP contribution in [0.1, 0.15) is 92.9 Å². The molecule has 2 rings (SSSR count). The van der Waals surface area contributed by atoms with Crippen LogP contribution in [0, 0.1) is 16.7 Å². The van der Waals surface area contributed by atoms with E-state index in [4.69, 9.17) is 0 Å². The predicted octanol–water partition coefficient (Wildman–Crippen LogP) is 4.57. The Labute approximate surface area is 166 Å². The number of piperidine rings is 1. The van der Waals surface area contributed by atoms with Gasteiger partial charge < -0.3 is 5.32 Å². The molecule has 1 N–H and O–H groups in total. The van der Waals surface area contributed by atoms with E-state index in [1.165, 1.54) is 12.8 Å². The summed E-state index contributed by atoms with van der Waals surface area (Å²) in [6, 6.07) is 1.02. The molecule has 27 heavy (non-hydrogen) atoms. The Balaban J connectivity index is 1.74. The van der Waals surface area contributed by atoms with Gasteiger partial charge in [-0.05, 0) is 55.3 Å². The van der Waals surface area contributed by atoms with Gasteiger partial charge in [-0.15, -0.1) is 0 Å². The number of nitrogens with zero attached hydrogens (tertiary/aromatic N) is 1. The lowest BCUT2D eigenvalue weighted by Gasteiger charge is -2.38. The summed E-state index contributed by atoms with van der Waals surface area (Å²) in [5.41, 5.74) is 0.441. The predicted molar refractivity (Wildman–Crippen MR) is 112 cm³/mol. The number of carbonyl (C=O) groups is 2. The molecule has 0 aromatic rings. The number of hydrogen-bond acceptors (Lipinski definition) is 3. The van der Waals surface area contributed by atoms with Crippen LogP contribution in [-0.2, 0) is 9.59 Å². The Morgan fingerprint density at radius 1 is 0.963 bits per heavy atom. The first-order chi connectivity index (χ1) is 12.4. The minimum Gasteiger partial charge on any atom is -0.356 e. The number of hydrogen-bond donors (Lipinski definition) is 1. The van der Waals surface area contributed by atoms with Crippen LogP contribution in [0.25, 0.3) is 0 Å². The molecule has 4 heteroatoms. The summed E-state index contributed by atoms with van der Waals surface area (Å²) in [5, 5.41) is 3.09. The second-order valence-electron chi connectivity index (χ2n) is 11.4. The normalized spacial score (nSPS) is 26.2. The van der Waals surface area contributed by atoms with Crippen LogP contribution >= 0.6 is 0 Å². The summed E-state index contributed by atoms with van der Waals surface area (Å²) in [6.45, 7) is 14.5. The summed E-state index contributed by atoms with van der Waals surface area (Å²) in [5.74, 6) is 1.08. The van der Waals surface area contributed by atoms with Gasteiger partial charge in [0.2, 0.25) is 5.91 Å². The van der Waals surface area contributed by atoms with E-state index in [0.29, 0.717) is 48.6 Å². The molecule has 1 unspecified atom stereocenters. The second kappa shape index (κ2) is 9.07. The van der Waals surface area contributed by atoms with Gasteiger partial charge in [0, 0.05) is 31.5 Å². The third-order valence-electron chi connectivity index (χ3n) is 6.01.